The van der Waals surface area contributed by atoms with E-state index >= 15 is 0 Å². The van der Waals surface area contributed by atoms with Crippen LogP contribution in [0.15, 0.2) is 64.7 Å². The van der Waals surface area contributed by atoms with E-state index in [1.807, 2.05) is 41.8 Å². The zero-order valence-corrected chi connectivity index (χ0v) is 15.3. The number of thioether (sulfide) groups is 1. The Labute approximate surface area is 154 Å². The molecule has 0 atom stereocenters. The summed E-state index contributed by atoms with van der Waals surface area (Å²) in [5.74, 6) is 1.37. The Balaban J connectivity index is 1.66. The first kappa shape index (κ1) is 16.5. The Hall–Kier alpha value is -2.93. The van der Waals surface area contributed by atoms with Gasteiger partial charge in [0, 0.05) is 18.0 Å². The van der Waals surface area contributed by atoms with Gasteiger partial charge in [-0.05, 0) is 37.6 Å². The molecule has 0 spiro atoms. The summed E-state index contributed by atoms with van der Waals surface area (Å²) in [5, 5.41) is 9.30. The Morgan fingerprint density at radius 1 is 1.04 bits per heavy atom. The van der Waals surface area contributed by atoms with Gasteiger partial charge in [0.25, 0.3) is 5.56 Å². The fourth-order valence-corrected chi connectivity index (χ4v) is 3.73. The van der Waals surface area contributed by atoms with Gasteiger partial charge in [0.1, 0.15) is 11.5 Å². The molecule has 7 heteroatoms. The predicted octanol–water partition coefficient (Wildman–Crippen LogP) is 3.18. The lowest BCUT2D eigenvalue weighted by Crippen LogP contribution is -2.14. The monoisotopic (exact) mass is 363 g/mol. The van der Waals surface area contributed by atoms with Crippen molar-refractivity contribution in [3.63, 3.8) is 0 Å². The normalized spacial score (nSPS) is 11.2. The van der Waals surface area contributed by atoms with Crippen molar-refractivity contribution in [3.05, 3.63) is 82.2 Å². The fraction of sp³-hybridized carbons (Fsp3) is 0.158. The molecule has 0 amide bonds. The second-order valence-corrected chi connectivity index (χ2v) is 6.90. The molecule has 130 valence electrons. The van der Waals surface area contributed by atoms with E-state index in [1.165, 1.54) is 16.2 Å². The van der Waals surface area contributed by atoms with Crippen molar-refractivity contribution in [2.24, 2.45) is 0 Å². The van der Waals surface area contributed by atoms with E-state index in [2.05, 4.69) is 34.2 Å². The van der Waals surface area contributed by atoms with Crippen LogP contribution in [0.5, 0.6) is 0 Å². The van der Waals surface area contributed by atoms with Gasteiger partial charge in [0.05, 0.1) is 11.4 Å². The summed E-state index contributed by atoms with van der Waals surface area (Å²) < 4.78 is 3.57. The average Bonchev–Trinajstić information content (AvgIpc) is 3.01. The Bertz CT molecular complexity index is 1150. The van der Waals surface area contributed by atoms with Crippen LogP contribution in [0.2, 0.25) is 0 Å². The molecule has 0 N–H and O–H groups in total. The van der Waals surface area contributed by atoms with Gasteiger partial charge in [-0.15, -0.1) is 10.2 Å². The molecule has 0 saturated heterocycles. The van der Waals surface area contributed by atoms with E-state index in [9.17, 15) is 4.79 Å². The summed E-state index contributed by atoms with van der Waals surface area (Å²) >= 11 is 1.52. The molecule has 0 unspecified atom stereocenters. The highest BCUT2D eigenvalue weighted by molar-refractivity contribution is 7.98. The highest BCUT2D eigenvalue weighted by Crippen LogP contribution is 2.25. The third kappa shape index (κ3) is 3.01. The molecule has 0 aliphatic rings. The van der Waals surface area contributed by atoms with Gasteiger partial charge in [0.2, 0.25) is 0 Å². The summed E-state index contributed by atoms with van der Waals surface area (Å²) in [6.45, 7) is 4.00. The SMILES string of the molecule is Cc1ccccc1-n1c(C)nnc1SCc1cc(=O)n2ccccc2n1. The molecule has 0 bridgehead atoms. The van der Waals surface area contributed by atoms with Crippen LogP contribution in [-0.2, 0) is 5.75 Å². The molecule has 0 saturated carbocycles. The third-order valence-corrected chi connectivity index (χ3v) is 5.09. The van der Waals surface area contributed by atoms with Gasteiger partial charge in [-0.1, -0.05) is 36.0 Å². The molecule has 26 heavy (non-hydrogen) atoms. The van der Waals surface area contributed by atoms with Crippen LogP contribution in [0.4, 0.5) is 0 Å². The number of para-hydroxylation sites is 1. The average molecular weight is 363 g/mol. The number of hydrogen-bond acceptors (Lipinski definition) is 5. The molecule has 6 nitrogen and oxygen atoms in total. The van der Waals surface area contributed by atoms with Gasteiger partial charge in [-0.3, -0.25) is 13.8 Å². The molecular formula is C19H17N5OS. The quantitative estimate of drug-likeness (QED) is 0.521. The molecule has 4 rings (SSSR count). The summed E-state index contributed by atoms with van der Waals surface area (Å²) in [6, 6.07) is 15.2. The van der Waals surface area contributed by atoms with E-state index < -0.39 is 0 Å². The lowest BCUT2D eigenvalue weighted by molar-refractivity contribution is 0.861. The maximum atomic E-state index is 12.2. The fourth-order valence-electron chi connectivity index (χ4n) is 2.84. The number of aromatic nitrogens is 5. The van der Waals surface area contributed by atoms with E-state index in [0.29, 0.717) is 11.4 Å². The molecule has 0 fully saturated rings. The van der Waals surface area contributed by atoms with E-state index in [-0.39, 0.29) is 5.56 Å². The highest BCUT2D eigenvalue weighted by atomic mass is 32.2. The number of benzene rings is 1. The summed E-state index contributed by atoms with van der Waals surface area (Å²) in [4.78, 5) is 16.8. The van der Waals surface area contributed by atoms with Crippen LogP contribution in [0.3, 0.4) is 0 Å². The minimum absolute atomic E-state index is 0.0808. The van der Waals surface area contributed by atoms with Crippen molar-refractivity contribution in [2.75, 3.05) is 0 Å². The minimum Gasteiger partial charge on any atom is -0.274 e. The largest absolute Gasteiger partial charge is 0.274 e. The van der Waals surface area contributed by atoms with Crippen LogP contribution in [0, 0.1) is 13.8 Å². The standard InChI is InChI=1S/C19H17N5OS/c1-13-7-3-4-8-16(13)24-14(2)21-22-19(24)26-12-15-11-18(25)23-10-6-5-9-17(23)20-15/h3-11H,12H2,1-2H3. The number of pyridine rings is 1. The molecule has 0 aliphatic carbocycles. The highest BCUT2D eigenvalue weighted by Gasteiger charge is 2.14. The molecule has 0 radical (unpaired) electrons. The number of fused-ring (bicyclic) bond motifs is 1. The Morgan fingerprint density at radius 2 is 1.85 bits per heavy atom. The Morgan fingerprint density at radius 3 is 2.69 bits per heavy atom. The number of hydrogen-bond donors (Lipinski definition) is 0. The molecule has 0 aliphatic heterocycles. The van der Waals surface area contributed by atoms with Gasteiger partial charge < -0.3 is 0 Å². The van der Waals surface area contributed by atoms with Crippen LogP contribution >= 0.6 is 11.8 Å². The lowest BCUT2D eigenvalue weighted by Gasteiger charge is -2.11. The van der Waals surface area contributed by atoms with E-state index in [4.69, 9.17) is 0 Å². The third-order valence-electron chi connectivity index (χ3n) is 4.12. The van der Waals surface area contributed by atoms with Crippen molar-refractivity contribution >= 4 is 17.4 Å². The Kier molecular flexibility index (Phi) is 4.30. The van der Waals surface area contributed by atoms with Crippen molar-refractivity contribution in [2.45, 2.75) is 24.8 Å². The molecular weight excluding hydrogens is 346 g/mol. The molecule has 1 aromatic carbocycles. The van der Waals surface area contributed by atoms with E-state index in [1.54, 1.807) is 12.3 Å². The zero-order valence-electron chi connectivity index (χ0n) is 14.5. The van der Waals surface area contributed by atoms with Crippen molar-refractivity contribution < 1.29 is 0 Å². The summed E-state index contributed by atoms with van der Waals surface area (Å²) in [5.41, 5.74) is 3.50. The van der Waals surface area contributed by atoms with Crippen LogP contribution < -0.4 is 5.56 Å². The minimum atomic E-state index is -0.0808. The van der Waals surface area contributed by atoms with Crippen LogP contribution in [0.1, 0.15) is 17.1 Å². The first-order valence-electron chi connectivity index (χ1n) is 8.21. The summed E-state index contributed by atoms with van der Waals surface area (Å²) in [6.07, 6.45) is 1.72. The zero-order chi connectivity index (χ0) is 18.1. The maximum absolute atomic E-state index is 12.2. The van der Waals surface area contributed by atoms with Crippen LogP contribution in [0.25, 0.3) is 11.3 Å². The van der Waals surface area contributed by atoms with Gasteiger partial charge in [-0.2, -0.15) is 0 Å². The first-order chi connectivity index (χ1) is 12.6. The van der Waals surface area contributed by atoms with Gasteiger partial charge >= 0.3 is 0 Å². The summed E-state index contributed by atoms with van der Waals surface area (Å²) in [7, 11) is 0. The second-order valence-electron chi connectivity index (χ2n) is 5.95. The molecule has 4 aromatic rings. The number of nitrogens with zero attached hydrogens (tertiary/aromatic N) is 5. The second kappa shape index (κ2) is 6.76. The molecule has 3 aromatic heterocycles. The molecule has 3 heterocycles. The number of rotatable bonds is 4. The number of aryl methyl sites for hydroxylation is 2. The van der Waals surface area contributed by atoms with Crippen molar-refractivity contribution in [1.29, 1.82) is 0 Å². The lowest BCUT2D eigenvalue weighted by atomic mass is 10.2. The first-order valence-corrected chi connectivity index (χ1v) is 9.20. The van der Waals surface area contributed by atoms with E-state index in [0.717, 1.165) is 27.9 Å². The van der Waals surface area contributed by atoms with Crippen molar-refractivity contribution in [1.82, 2.24) is 24.1 Å². The van der Waals surface area contributed by atoms with Crippen LogP contribution in [-0.4, -0.2) is 24.1 Å². The topological polar surface area (TPSA) is 65.1 Å². The predicted molar refractivity (Wildman–Crippen MR) is 102 cm³/mol. The van der Waals surface area contributed by atoms with Gasteiger partial charge in [0.15, 0.2) is 5.16 Å². The smallest absolute Gasteiger partial charge is 0.258 e. The van der Waals surface area contributed by atoms with Gasteiger partial charge in [-0.25, -0.2) is 4.98 Å². The van der Waals surface area contributed by atoms with Crippen molar-refractivity contribution in [3.8, 4) is 5.69 Å². The maximum Gasteiger partial charge on any atom is 0.258 e.